The van der Waals surface area contributed by atoms with Crippen LogP contribution in [0.5, 0.6) is 0 Å². The summed E-state index contributed by atoms with van der Waals surface area (Å²) in [6.45, 7) is 10.9. The van der Waals surface area contributed by atoms with Gasteiger partial charge in [0.25, 0.3) is 0 Å². The molecule has 0 unspecified atom stereocenters. The van der Waals surface area contributed by atoms with Gasteiger partial charge in [0.05, 0.1) is 43.9 Å². The molecule has 4 aromatic rings. The molecule has 14 nitrogen and oxygen atoms in total. The Labute approximate surface area is 381 Å². The molecule has 0 radical (unpaired) electrons. The van der Waals surface area contributed by atoms with Crippen molar-refractivity contribution < 1.29 is 61.8 Å². The van der Waals surface area contributed by atoms with Gasteiger partial charge in [-0.05, 0) is 58.2 Å². The summed E-state index contributed by atoms with van der Waals surface area (Å²) >= 11 is 0. The highest BCUT2D eigenvalue weighted by atomic mass is 16.8. The SMILES string of the molecule is CO[C@H]1O[C@H](CO[C@@H]2O[C@@H]3CO[C@@H](c4ccccc4)O[C@H]3[C@H](OC(=O)C(C)(C)C)/C2=N\OC(=O)C(C)(C)C)[C@@H](OCc2ccccc2)[C@H](OCc2ccccc2)[C@H]1OCc1ccccc1. The van der Waals surface area contributed by atoms with Crippen molar-refractivity contribution in [2.75, 3.05) is 20.3 Å². The lowest BCUT2D eigenvalue weighted by atomic mass is 9.95. The Bertz CT molecular complexity index is 2130. The molecule has 0 saturated carbocycles. The van der Waals surface area contributed by atoms with Crippen molar-refractivity contribution in [3.05, 3.63) is 144 Å². The second kappa shape index (κ2) is 22.1. The van der Waals surface area contributed by atoms with Gasteiger partial charge >= 0.3 is 11.9 Å². The first kappa shape index (κ1) is 48.1. The molecular weight excluding hydrogens is 835 g/mol. The Morgan fingerprint density at radius 2 is 1.12 bits per heavy atom. The molecule has 4 aromatic carbocycles. The molecule has 3 aliphatic rings. The zero-order chi connectivity index (χ0) is 46.0. The molecule has 14 heteroatoms. The quantitative estimate of drug-likeness (QED) is 0.0611. The first-order chi connectivity index (χ1) is 31.3. The number of hydrogen-bond donors (Lipinski definition) is 0. The molecule has 3 aliphatic heterocycles. The van der Waals surface area contributed by atoms with E-state index in [1.165, 1.54) is 0 Å². The molecule has 348 valence electrons. The average Bonchev–Trinajstić information content (AvgIpc) is 3.31. The Morgan fingerprint density at radius 1 is 0.615 bits per heavy atom. The van der Waals surface area contributed by atoms with Gasteiger partial charge in [0.15, 0.2) is 24.4 Å². The van der Waals surface area contributed by atoms with E-state index in [2.05, 4.69) is 5.16 Å². The van der Waals surface area contributed by atoms with E-state index in [1.807, 2.05) is 121 Å². The van der Waals surface area contributed by atoms with Crippen LogP contribution < -0.4 is 0 Å². The highest BCUT2D eigenvalue weighted by Crippen LogP contribution is 2.37. The fraction of sp³-hybridized carbons (Fsp3) is 0.471. The Balaban J connectivity index is 1.22. The number of ether oxygens (including phenoxy) is 10. The summed E-state index contributed by atoms with van der Waals surface area (Å²) < 4.78 is 65.1. The summed E-state index contributed by atoms with van der Waals surface area (Å²) in [5.74, 6) is -1.18. The summed E-state index contributed by atoms with van der Waals surface area (Å²) in [4.78, 5) is 32.6. The number of hydrogen-bond acceptors (Lipinski definition) is 14. The van der Waals surface area contributed by atoms with Crippen LogP contribution in [-0.2, 0) is 81.6 Å². The van der Waals surface area contributed by atoms with E-state index >= 15 is 0 Å². The molecule has 0 bridgehead atoms. The third-order valence-corrected chi connectivity index (χ3v) is 11.0. The second-order valence-electron chi connectivity index (χ2n) is 18.3. The molecule has 0 aromatic heterocycles. The minimum Gasteiger partial charge on any atom is -0.453 e. The van der Waals surface area contributed by atoms with E-state index < -0.39 is 84.4 Å². The van der Waals surface area contributed by atoms with Crippen molar-refractivity contribution >= 4 is 17.7 Å². The molecule has 0 N–H and O–H groups in total. The average molecular weight is 896 g/mol. The molecule has 10 atom stereocenters. The minimum atomic E-state index is -1.35. The molecule has 0 amide bonds. The number of carbonyl (C=O) groups is 2. The fourth-order valence-electron chi connectivity index (χ4n) is 7.37. The number of nitrogens with zero attached hydrogens (tertiary/aromatic N) is 1. The number of esters is 1. The third kappa shape index (κ3) is 12.7. The molecular formula is C51H61NO13. The van der Waals surface area contributed by atoms with E-state index in [9.17, 15) is 9.59 Å². The Kier molecular flexibility index (Phi) is 16.3. The van der Waals surface area contributed by atoms with Gasteiger partial charge in [0, 0.05) is 12.7 Å². The van der Waals surface area contributed by atoms with Crippen LogP contribution >= 0.6 is 0 Å². The van der Waals surface area contributed by atoms with E-state index in [-0.39, 0.29) is 38.7 Å². The number of carbonyl (C=O) groups excluding carboxylic acids is 2. The van der Waals surface area contributed by atoms with Gasteiger partial charge in [0.1, 0.15) is 36.6 Å². The topological polar surface area (TPSA) is 148 Å². The van der Waals surface area contributed by atoms with Gasteiger partial charge in [-0.3, -0.25) is 4.79 Å². The smallest absolute Gasteiger partial charge is 0.340 e. The van der Waals surface area contributed by atoms with Crippen LogP contribution in [0, 0.1) is 10.8 Å². The van der Waals surface area contributed by atoms with Gasteiger partial charge in [-0.15, -0.1) is 0 Å². The van der Waals surface area contributed by atoms with Crippen molar-refractivity contribution in [2.45, 2.75) is 123 Å². The van der Waals surface area contributed by atoms with Crippen molar-refractivity contribution in [1.82, 2.24) is 0 Å². The van der Waals surface area contributed by atoms with E-state index in [0.717, 1.165) is 22.3 Å². The van der Waals surface area contributed by atoms with Crippen LogP contribution in [0.3, 0.4) is 0 Å². The van der Waals surface area contributed by atoms with Crippen LogP contribution in [0.2, 0.25) is 0 Å². The summed E-state index contributed by atoms with van der Waals surface area (Å²) in [5.41, 5.74) is 1.70. The zero-order valence-corrected chi connectivity index (χ0v) is 38.1. The molecule has 0 aliphatic carbocycles. The maximum absolute atomic E-state index is 13.8. The number of oxime groups is 1. The van der Waals surface area contributed by atoms with Crippen LogP contribution in [0.25, 0.3) is 0 Å². The highest BCUT2D eigenvalue weighted by molar-refractivity contribution is 5.95. The lowest BCUT2D eigenvalue weighted by Crippen LogP contribution is -2.64. The van der Waals surface area contributed by atoms with Crippen molar-refractivity contribution in [1.29, 1.82) is 0 Å². The van der Waals surface area contributed by atoms with Gasteiger partial charge in [-0.25, -0.2) is 4.79 Å². The summed E-state index contributed by atoms with van der Waals surface area (Å²) in [5, 5.41) is 4.35. The van der Waals surface area contributed by atoms with Crippen LogP contribution in [0.1, 0.15) is 70.1 Å². The first-order valence-electron chi connectivity index (χ1n) is 22.0. The first-order valence-corrected chi connectivity index (χ1v) is 22.0. The lowest BCUT2D eigenvalue weighted by molar-refractivity contribution is -0.334. The zero-order valence-electron chi connectivity index (χ0n) is 38.1. The van der Waals surface area contributed by atoms with E-state index in [0.29, 0.717) is 0 Å². The molecule has 7 rings (SSSR count). The van der Waals surface area contributed by atoms with E-state index in [1.54, 1.807) is 48.7 Å². The fourth-order valence-corrected chi connectivity index (χ4v) is 7.37. The number of benzene rings is 4. The summed E-state index contributed by atoms with van der Waals surface area (Å²) in [7, 11) is 1.54. The van der Waals surface area contributed by atoms with Gasteiger partial charge in [-0.1, -0.05) is 126 Å². The van der Waals surface area contributed by atoms with Crippen LogP contribution in [0.4, 0.5) is 0 Å². The monoisotopic (exact) mass is 895 g/mol. The van der Waals surface area contributed by atoms with Crippen LogP contribution in [0.15, 0.2) is 126 Å². The lowest BCUT2D eigenvalue weighted by Gasteiger charge is -2.47. The van der Waals surface area contributed by atoms with Gasteiger partial charge in [0.2, 0.25) is 6.29 Å². The molecule has 65 heavy (non-hydrogen) atoms. The molecule has 0 spiro atoms. The summed E-state index contributed by atoms with van der Waals surface area (Å²) in [6, 6.07) is 38.8. The maximum atomic E-state index is 13.8. The maximum Gasteiger partial charge on any atom is 0.340 e. The highest BCUT2D eigenvalue weighted by Gasteiger charge is 2.54. The number of rotatable bonds is 16. The Hall–Kier alpha value is -4.87. The molecule has 3 heterocycles. The van der Waals surface area contributed by atoms with Crippen molar-refractivity contribution in [2.24, 2.45) is 16.0 Å². The third-order valence-electron chi connectivity index (χ3n) is 11.0. The van der Waals surface area contributed by atoms with Gasteiger partial charge in [-0.2, -0.15) is 0 Å². The van der Waals surface area contributed by atoms with E-state index in [4.69, 9.17) is 52.2 Å². The number of methoxy groups -OCH3 is 1. The minimum absolute atomic E-state index is 0.0306. The van der Waals surface area contributed by atoms with Crippen molar-refractivity contribution in [3.8, 4) is 0 Å². The van der Waals surface area contributed by atoms with Crippen LogP contribution in [-0.4, -0.2) is 93.3 Å². The predicted octanol–water partition coefficient (Wildman–Crippen LogP) is 7.87. The largest absolute Gasteiger partial charge is 0.453 e. The number of fused-ring (bicyclic) bond motifs is 1. The standard InChI is InChI=1S/C51H61NO13/c1-50(2,3)48(53)64-42-39(52-65-49(54)51(4,5)6)46(61-38-32-59-45(63-41(38)42)36-26-18-11-19-27-36)60-31-37-40(56-28-33-20-12-8-13-21-33)43(57-29-34-22-14-9-15-23-34)44(47(55-7)62-37)58-30-35-24-16-10-17-25-35/h8-27,37-38,40-47H,28-32H2,1-7H3/b52-39+/t37-,38-,40-,41-,42-,43+,44-,45-,46-,47+/m1/s1. The normalized spacial score (nSPS) is 27.7. The van der Waals surface area contributed by atoms with Gasteiger partial charge < -0.3 is 52.2 Å². The molecule has 3 fully saturated rings. The Morgan fingerprint density at radius 3 is 1.65 bits per heavy atom. The van der Waals surface area contributed by atoms with Crippen molar-refractivity contribution in [3.63, 3.8) is 0 Å². The molecule has 3 saturated heterocycles. The predicted molar refractivity (Wildman–Crippen MR) is 238 cm³/mol. The second-order valence-corrected chi connectivity index (χ2v) is 18.3. The summed E-state index contributed by atoms with van der Waals surface area (Å²) in [6.07, 6.45) is -9.23.